The summed E-state index contributed by atoms with van der Waals surface area (Å²) >= 11 is 0. The number of pyridine rings is 1. The van der Waals surface area contributed by atoms with E-state index in [1.54, 1.807) is 0 Å². The van der Waals surface area contributed by atoms with Gasteiger partial charge in [0.1, 0.15) is 17.3 Å². The van der Waals surface area contributed by atoms with Crippen LogP contribution in [0.1, 0.15) is 38.7 Å². The van der Waals surface area contributed by atoms with Gasteiger partial charge >= 0.3 is 0 Å². The Labute approximate surface area is 217 Å². The highest BCUT2D eigenvalue weighted by Gasteiger charge is 2.25. The van der Waals surface area contributed by atoms with E-state index in [1.807, 2.05) is 24.4 Å². The zero-order valence-electron chi connectivity index (χ0n) is 22.0. The fourth-order valence-electron chi connectivity index (χ4n) is 5.38. The van der Waals surface area contributed by atoms with Crippen molar-refractivity contribution in [2.45, 2.75) is 51.6 Å². The van der Waals surface area contributed by atoms with Crippen LogP contribution in [0.3, 0.4) is 0 Å². The number of anilines is 4. The summed E-state index contributed by atoms with van der Waals surface area (Å²) in [4.78, 5) is 19.8. The topological polar surface area (TPSA) is 60.4 Å². The highest BCUT2D eigenvalue weighted by molar-refractivity contribution is 5.71. The van der Waals surface area contributed by atoms with Gasteiger partial charge in [-0.15, -0.1) is 0 Å². The summed E-state index contributed by atoms with van der Waals surface area (Å²) in [5.74, 6) is -0.145. The third-order valence-electron chi connectivity index (χ3n) is 7.50. The molecule has 0 unspecified atom stereocenters. The lowest BCUT2D eigenvalue weighted by Gasteiger charge is -2.36. The zero-order valence-corrected chi connectivity index (χ0v) is 22.0. The van der Waals surface area contributed by atoms with E-state index in [4.69, 9.17) is 0 Å². The Morgan fingerprint density at radius 2 is 1.78 bits per heavy atom. The minimum Gasteiger partial charge on any atom is -0.370 e. The molecule has 0 radical (unpaired) electrons. The fraction of sp³-hybridized carbons (Fsp3) is 0.464. The third kappa shape index (κ3) is 5.37. The molecule has 4 heterocycles. The van der Waals surface area contributed by atoms with Crippen molar-refractivity contribution < 1.29 is 8.78 Å². The van der Waals surface area contributed by atoms with Gasteiger partial charge in [0.05, 0.1) is 18.1 Å². The number of benzene rings is 1. The standard InChI is InChI=1S/C28H35F2N7/c1-18(2)37-11-5-6-22-23(29)14-19(15-25(22)37)27-24(30)17-32-28(34-27)33-26-8-7-21(16-31-26)36-12-9-20(10-13-36)35(3)4/h7-8,14-18,20H,5-6,9-13H2,1-4H3,(H,31,32,33,34). The maximum absolute atomic E-state index is 15.1. The molecule has 1 N–H and O–H groups in total. The molecule has 0 saturated carbocycles. The van der Waals surface area contributed by atoms with E-state index in [0.717, 1.165) is 56.5 Å². The first-order valence-corrected chi connectivity index (χ1v) is 13.1. The maximum atomic E-state index is 15.1. The molecule has 0 bridgehead atoms. The van der Waals surface area contributed by atoms with Crippen molar-refractivity contribution in [1.82, 2.24) is 19.9 Å². The molecule has 0 atom stereocenters. The van der Waals surface area contributed by atoms with Crippen LogP contribution >= 0.6 is 0 Å². The lowest BCUT2D eigenvalue weighted by atomic mass is 9.96. The minimum absolute atomic E-state index is 0.0638. The van der Waals surface area contributed by atoms with Gasteiger partial charge < -0.3 is 20.0 Å². The molecular weight excluding hydrogens is 472 g/mol. The van der Waals surface area contributed by atoms with Crippen LogP contribution in [0.5, 0.6) is 0 Å². The summed E-state index contributed by atoms with van der Waals surface area (Å²) in [6.45, 7) is 7.00. The number of rotatable bonds is 6. The molecular formula is C28H35F2N7. The highest BCUT2D eigenvalue weighted by atomic mass is 19.1. The average Bonchev–Trinajstić information content (AvgIpc) is 2.90. The van der Waals surface area contributed by atoms with Crippen LogP contribution in [0.15, 0.2) is 36.7 Å². The Morgan fingerprint density at radius 1 is 1.00 bits per heavy atom. The monoisotopic (exact) mass is 507 g/mol. The fourth-order valence-corrected chi connectivity index (χ4v) is 5.38. The molecule has 9 heteroatoms. The first-order valence-electron chi connectivity index (χ1n) is 13.1. The molecule has 1 saturated heterocycles. The van der Waals surface area contributed by atoms with Crippen LogP contribution in [-0.2, 0) is 6.42 Å². The van der Waals surface area contributed by atoms with E-state index < -0.39 is 5.82 Å². The molecule has 2 aliphatic heterocycles. The number of aromatic nitrogens is 3. The summed E-state index contributed by atoms with van der Waals surface area (Å²) < 4.78 is 29.9. The third-order valence-corrected chi connectivity index (χ3v) is 7.50. The van der Waals surface area contributed by atoms with E-state index in [9.17, 15) is 4.39 Å². The molecule has 0 aliphatic carbocycles. The largest absolute Gasteiger partial charge is 0.370 e. The summed E-state index contributed by atoms with van der Waals surface area (Å²) in [5.41, 5.74) is 3.04. The van der Waals surface area contributed by atoms with E-state index in [-0.39, 0.29) is 23.5 Å². The van der Waals surface area contributed by atoms with Crippen molar-refractivity contribution in [3.8, 4) is 11.3 Å². The molecule has 7 nitrogen and oxygen atoms in total. The predicted octanol–water partition coefficient (Wildman–Crippen LogP) is 5.25. The molecule has 2 aromatic heterocycles. The quantitative estimate of drug-likeness (QED) is 0.489. The molecule has 196 valence electrons. The molecule has 37 heavy (non-hydrogen) atoms. The molecule has 3 aromatic rings. The summed E-state index contributed by atoms with van der Waals surface area (Å²) in [6.07, 6.45) is 6.78. The average molecular weight is 508 g/mol. The van der Waals surface area contributed by atoms with E-state index in [0.29, 0.717) is 29.4 Å². The van der Waals surface area contributed by atoms with Crippen molar-refractivity contribution in [3.05, 3.63) is 53.9 Å². The van der Waals surface area contributed by atoms with Crippen LogP contribution in [-0.4, -0.2) is 65.7 Å². The molecule has 1 aromatic carbocycles. The van der Waals surface area contributed by atoms with Crippen molar-refractivity contribution in [2.24, 2.45) is 0 Å². The zero-order chi connectivity index (χ0) is 26.1. The number of halogens is 2. The van der Waals surface area contributed by atoms with E-state index in [2.05, 4.69) is 62.9 Å². The SMILES string of the molecule is CC(C)N1CCCc2c(F)cc(-c3nc(Nc4ccc(N5CCC(N(C)C)CC5)cn4)ncc3F)cc21. The second-order valence-electron chi connectivity index (χ2n) is 10.4. The first kappa shape index (κ1) is 25.3. The number of piperidine rings is 1. The highest BCUT2D eigenvalue weighted by Crippen LogP contribution is 2.36. The number of fused-ring (bicyclic) bond motifs is 1. The van der Waals surface area contributed by atoms with E-state index >= 15 is 4.39 Å². The Kier molecular flexibility index (Phi) is 7.24. The van der Waals surface area contributed by atoms with Gasteiger partial charge in [0.15, 0.2) is 5.82 Å². The van der Waals surface area contributed by atoms with Gasteiger partial charge in [-0.1, -0.05) is 0 Å². The van der Waals surface area contributed by atoms with Gasteiger partial charge in [0.25, 0.3) is 0 Å². The predicted molar refractivity (Wildman–Crippen MR) is 145 cm³/mol. The molecule has 2 aliphatic rings. The maximum Gasteiger partial charge on any atom is 0.229 e. The Morgan fingerprint density at radius 3 is 2.46 bits per heavy atom. The van der Waals surface area contributed by atoms with Crippen LogP contribution < -0.4 is 15.1 Å². The van der Waals surface area contributed by atoms with Crippen molar-refractivity contribution in [2.75, 3.05) is 48.8 Å². The van der Waals surface area contributed by atoms with E-state index in [1.165, 1.54) is 6.07 Å². The summed E-state index contributed by atoms with van der Waals surface area (Å²) in [7, 11) is 4.27. The summed E-state index contributed by atoms with van der Waals surface area (Å²) in [5, 5.41) is 3.07. The van der Waals surface area contributed by atoms with Gasteiger partial charge in [0.2, 0.25) is 5.95 Å². The normalized spacial score (nSPS) is 16.4. The second kappa shape index (κ2) is 10.6. The second-order valence-corrected chi connectivity index (χ2v) is 10.4. The Hall–Kier alpha value is -3.33. The Bertz CT molecular complexity index is 1240. The number of nitrogens with one attached hydrogen (secondary N) is 1. The van der Waals surface area contributed by atoms with Crippen LogP contribution in [0.2, 0.25) is 0 Å². The number of hydrogen-bond donors (Lipinski definition) is 1. The molecule has 0 spiro atoms. The van der Waals surface area contributed by atoms with Crippen LogP contribution in [0.4, 0.5) is 31.9 Å². The first-order chi connectivity index (χ1) is 17.8. The van der Waals surface area contributed by atoms with Gasteiger partial charge in [-0.05, 0) is 77.9 Å². The number of nitrogens with zero attached hydrogens (tertiary/aromatic N) is 6. The summed E-state index contributed by atoms with van der Waals surface area (Å²) in [6, 6.07) is 7.96. The van der Waals surface area contributed by atoms with Gasteiger partial charge in [-0.3, -0.25) is 0 Å². The van der Waals surface area contributed by atoms with Crippen molar-refractivity contribution >= 4 is 23.1 Å². The van der Waals surface area contributed by atoms with Gasteiger partial charge in [0, 0.05) is 48.5 Å². The number of hydrogen-bond acceptors (Lipinski definition) is 7. The van der Waals surface area contributed by atoms with Crippen molar-refractivity contribution in [3.63, 3.8) is 0 Å². The molecule has 1 fully saturated rings. The molecule has 0 amide bonds. The lowest BCUT2D eigenvalue weighted by Crippen LogP contribution is -2.42. The van der Waals surface area contributed by atoms with Crippen LogP contribution in [0, 0.1) is 11.6 Å². The van der Waals surface area contributed by atoms with Gasteiger partial charge in [-0.25, -0.2) is 23.7 Å². The minimum atomic E-state index is -0.596. The smallest absolute Gasteiger partial charge is 0.229 e. The van der Waals surface area contributed by atoms with Crippen LogP contribution in [0.25, 0.3) is 11.3 Å². The Balaban J connectivity index is 1.35. The van der Waals surface area contributed by atoms with Crippen molar-refractivity contribution in [1.29, 1.82) is 0 Å². The lowest BCUT2D eigenvalue weighted by molar-refractivity contribution is 0.249. The van der Waals surface area contributed by atoms with Gasteiger partial charge in [-0.2, -0.15) is 0 Å². The molecule has 5 rings (SSSR count).